The Morgan fingerprint density at radius 1 is 1.09 bits per heavy atom. The Kier molecular flexibility index (Phi) is 8.83. The number of carbonyl (C=O) groups is 3. The Morgan fingerprint density at radius 3 is 2.62 bits per heavy atom. The molecular formula is C21H27Cl2N7O3S. The number of likely N-dealkylation sites (N-methyl/N-ethyl adjacent to an activating group) is 2. The largest absolute Gasteiger partial charge is 0.344 e. The number of nitrogens with one attached hydrogen (secondary N) is 3. The lowest BCUT2D eigenvalue weighted by molar-refractivity contribution is -0.136. The highest BCUT2D eigenvalue weighted by Gasteiger charge is 2.33. The van der Waals surface area contributed by atoms with Crippen LogP contribution in [0.15, 0.2) is 18.3 Å². The van der Waals surface area contributed by atoms with Crippen LogP contribution < -0.4 is 16.0 Å². The molecule has 0 aliphatic carbocycles. The Balaban J connectivity index is 0.00000324. The third-order valence-corrected chi connectivity index (χ3v) is 7.05. The first-order valence-electron chi connectivity index (χ1n) is 10.7. The molecule has 1 fully saturated rings. The SMILES string of the molecule is CN1CCc2nc(C(=O)N[C@@H]3CN(C)CC[C@@H]3NC(=O)C(=O)Nc3ccc(Cl)cn3)sc2C1.Cl. The molecule has 2 aliphatic rings. The molecule has 4 heterocycles. The molecule has 3 N–H and O–H groups in total. The lowest BCUT2D eigenvalue weighted by Crippen LogP contribution is -2.60. The first-order valence-corrected chi connectivity index (χ1v) is 11.9. The molecule has 0 bridgehead atoms. The number of pyridine rings is 1. The van der Waals surface area contributed by atoms with Crippen molar-refractivity contribution in [1.29, 1.82) is 0 Å². The molecule has 13 heteroatoms. The van der Waals surface area contributed by atoms with Gasteiger partial charge in [-0.25, -0.2) is 9.97 Å². The Labute approximate surface area is 212 Å². The number of halogens is 2. The standard InChI is InChI=1S/C21H26ClN7O3S.ClH/c1-28-7-5-13(24-18(30)19(31)27-17-4-3-12(22)9-23-17)15(10-28)25-20(32)21-26-14-6-8-29(2)11-16(14)33-21;/h3-4,9,13,15H,5-8,10-11H2,1-2H3,(H,24,30)(H,25,32)(H,23,27,31);1H/t13-,15+;/m0./s1. The number of amides is 3. The van der Waals surface area contributed by atoms with Gasteiger partial charge in [-0.15, -0.1) is 23.7 Å². The fourth-order valence-electron chi connectivity index (χ4n) is 3.94. The molecule has 10 nitrogen and oxygen atoms in total. The maximum Gasteiger partial charge on any atom is 0.314 e. The molecule has 0 saturated carbocycles. The molecule has 2 atom stereocenters. The van der Waals surface area contributed by atoms with Crippen molar-refractivity contribution in [1.82, 2.24) is 30.4 Å². The molecule has 184 valence electrons. The topological polar surface area (TPSA) is 120 Å². The van der Waals surface area contributed by atoms with E-state index in [9.17, 15) is 14.4 Å². The zero-order chi connectivity index (χ0) is 23.5. The number of likely N-dealkylation sites (tertiary alicyclic amines) is 1. The van der Waals surface area contributed by atoms with E-state index in [4.69, 9.17) is 11.6 Å². The average molecular weight is 528 g/mol. The summed E-state index contributed by atoms with van der Waals surface area (Å²) >= 11 is 7.20. The highest BCUT2D eigenvalue weighted by molar-refractivity contribution is 7.13. The number of nitrogens with zero attached hydrogens (tertiary/aromatic N) is 4. The van der Waals surface area contributed by atoms with E-state index in [-0.39, 0.29) is 36.2 Å². The summed E-state index contributed by atoms with van der Waals surface area (Å²) in [4.78, 5) is 51.7. The summed E-state index contributed by atoms with van der Waals surface area (Å²) in [6.45, 7) is 3.00. The van der Waals surface area contributed by atoms with E-state index < -0.39 is 11.8 Å². The average Bonchev–Trinajstić information content (AvgIpc) is 3.20. The fraction of sp³-hybridized carbons (Fsp3) is 0.476. The molecule has 1 saturated heterocycles. The van der Waals surface area contributed by atoms with Gasteiger partial charge in [0, 0.05) is 37.1 Å². The van der Waals surface area contributed by atoms with Gasteiger partial charge in [-0.3, -0.25) is 14.4 Å². The van der Waals surface area contributed by atoms with Crippen molar-refractivity contribution in [2.45, 2.75) is 31.5 Å². The van der Waals surface area contributed by atoms with Crippen molar-refractivity contribution in [3.05, 3.63) is 38.9 Å². The number of anilines is 1. The van der Waals surface area contributed by atoms with Crippen molar-refractivity contribution in [3.63, 3.8) is 0 Å². The third-order valence-electron chi connectivity index (χ3n) is 5.74. The molecule has 0 aromatic carbocycles. The monoisotopic (exact) mass is 527 g/mol. The molecule has 2 aliphatic heterocycles. The smallest absolute Gasteiger partial charge is 0.314 e. The van der Waals surface area contributed by atoms with E-state index in [1.807, 2.05) is 14.1 Å². The quantitative estimate of drug-likeness (QED) is 0.510. The van der Waals surface area contributed by atoms with E-state index >= 15 is 0 Å². The molecule has 0 spiro atoms. The highest BCUT2D eigenvalue weighted by atomic mass is 35.5. The predicted molar refractivity (Wildman–Crippen MR) is 133 cm³/mol. The molecule has 4 rings (SSSR count). The van der Waals surface area contributed by atoms with Gasteiger partial charge in [0.15, 0.2) is 5.01 Å². The normalized spacial score (nSPS) is 20.6. The molecule has 0 unspecified atom stereocenters. The number of fused-ring (bicyclic) bond motifs is 1. The second kappa shape index (κ2) is 11.4. The number of rotatable bonds is 4. The third kappa shape index (κ3) is 6.42. The van der Waals surface area contributed by atoms with Crippen LogP contribution in [-0.4, -0.2) is 83.3 Å². The number of hydrogen-bond acceptors (Lipinski definition) is 8. The van der Waals surface area contributed by atoms with Gasteiger partial charge in [0.1, 0.15) is 5.82 Å². The van der Waals surface area contributed by atoms with Crippen LogP contribution in [-0.2, 0) is 22.6 Å². The second-order valence-corrected chi connectivity index (χ2v) is 9.92. The number of hydrogen-bond donors (Lipinski definition) is 3. The lowest BCUT2D eigenvalue weighted by atomic mass is 9.99. The van der Waals surface area contributed by atoms with Crippen LogP contribution in [0.2, 0.25) is 5.02 Å². The minimum absolute atomic E-state index is 0. The number of carbonyl (C=O) groups excluding carboxylic acids is 3. The van der Waals surface area contributed by atoms with Gasteiger partial charge in [-0.2, -0.15) is 0 Å². The summed E-state index contributed by atoms with van der Waals surface area (Å²) < 4.78 is 0. The van der Waals surface area contributed by atoms with E-state index in [1.54, 1.807) is 6.07 Å². The van der Waals surface area contributed by atoms with Gasteiger partial charge < -0.3 is 25.8 Å². The first kappa shape index (κ1) is 26.3. The molecule has 0 radical (unpaired) electrons. The van der Waals surface area contributed by atoms with Gasteiger partial charge in [0.2, 0.25) is 0 Å². The van der Waals surface area contributed by atoms with E-state index in [0.29, 0.717) is 23.0 Å². The highest BCUT2D eigenvalue weighted by Crippen LogP contribution is 2.24. The Morgan fingerprint density at radius 2 is 1.88 bits per heavy atom. The van der Waals surface area contributed by atoms with Gasteiger partial charge in [-0.05, 0) is 39.2 Å². The van der Waals surface area contributed by atoms with Crippen LogP contribution in [0.4, 0.5) is 5.82 Å². The second-order valence-electron chi connectivity index (χ2n) is 8.40. The molecule has 2 aromatic heterocycles. The molecule has 3 amide bonds. The van der Waals surface area contributed by atoms with Crippen molar-refractivity contribution in [2.75, 3.05) is 39.0 Å². The zero-order valence-corrected chi connectivity index (χ0v) is 21.2. The zero-order valence-electron chi connectivity index (χ0n) is 18.8. The van der Waals surface area contributed by atoms with Crippen LogP contribution in [0.5, 0.6) is 0 Å². The van der Waals surface area contributed by atoms with Gasteiger partial charge >= 0.3 is 11.8 Å². The van der Waals surface area contributed by atoms with Crippen molar-refractivity contribution >= 4 is 58.9 Å². The van der Waals surface area contributed by atoms with Crippen molar-refractivity contribution in [3.8, 4) is 0 Å². The van der Waals surface area contributed by atoms with Gasteiger partial charge in [0.25, 0.3) is 5.91 Å². The summed E-state index contributed by atoms with van der Waals surface area (Å²) in [5.41, 5.74) is 0.987. The summed E-state index contributed by atoms with van der Waals surface area (Å²) in [5.74, 6) is -1.64. The van der Waals surface area contributed by atoms with Crippen LogP contribution in [0, 0.1) is 0 Å². The van der Waals surface area contributed by atoms with Gasteiger partial charge in [0.05, 0.1) is 22.8 Å². The van der Waals surface area contributed by atoms with E-state index in [2.05, 4.69) is 35.7 Å². The van der Waals surface area contributed by atoms with Crippen molar-refractivity contribution in [2.24, 2.45) is 0 Å². The lowest BCUT2D eigenvalue weighted by Gasteiger charge is -2.37. The van der Waals surface area contributed by atoms with Crippen molar-refractivity contribution < 1.29 is 14.4 Å². The minimum atomic E-state index is -0.828. The first-order chi connectivity index (χ1) is 15.8. The summed E-state index contributed by atoms with van der Waals surface area (Å²) in [6, 6.07) is 2.34. The summed E-state index contributed by atoms with van der Waals surface area (Å²) in [5, 5.41) is 9.09. The molecule has 34 heavy (non-hydrogen) atoms. The van der Waals surface area contributed by atoms with Gasteiger partial charge in [-0.1, -0.05) is 11.6 Å². The number of thiazole rings is 1. The maximum absolute atomic E-state index is 12.9. The minimum Gasteiger partial charge on any atom is -0.344 e. The van der Waals surface area contributed by atoms with E-state index in [1.165, 1.54) is 23.6 Å². The van der Waals surface area contributed by atoms with Crippen LogP contribution in [0.1, 0.15) is 26.8 Å². The Bertz CT molecular complexity index is 1050. The number of piperidine rings is 1. The van der Waals surface area contributed by atoms with Crippen LogP contribution in [0.3, 0.4) is 0 Å². The summed E-state index contributed by atoms with van der Waals surface area (Å²) in [6.07, 6.45) is 2.81. The van der Waals surface area contributed by atoms with E-state index in [0.717, 1.165) is 36.6 Å². The molecular weight excluding hydrogens is 501 g/mol. The Hall–Kier alpha value is -2.31. The predicted octanol–water partition coefficient (Wildman–Crippen LogP) is 1.16. The summed E-state index contributed by atoms with van der Waals surface area (Å²) in [7, 11) is 4.00. The van der Waals surface area contributed by atoms with Crippen LogP contribution in [0.25, 0.3) is 0 Å². The number of aromatic nitrogens is 2. The molecule has 2 aromatic rings. The van der Waals surface area contributed by atoms with Crippen LogP contribution >= 0.6 is 35.3 Å². The maximum atomic E-state index is 12.9. The fourth-order valence-corrected chi connectivity index (χ4v) is 5.14.